The van der Waals surface area contributed by atoms with E-state index in [-0.39, 0.29) is 11.7 Å². The minimum Gasteiger partial charge on any atom is -0.379 e. The molecule has 0 atom stereocenters. The van der Waals surface area contributed by atoms with Gasteiger partial charge in [0.05, 0.1) is 9.83 Å². The first-order valence-electron chi connectivity index (χ1n) is 7.68. The van der Waals surface area contributed by atoms with E-state index in [0.29, 0.717) is 14.8 Å². The summed E-state index contributed by atoms with van der Waals surface area (Å²) in [4.78, 5) is 23.5. The van der Waals surface area contributed by atoms with Gasteiger partial charge in [-0.15, -0.1) is 0 Å². The van der Waals surface area contributed by atoms with Crippen molar-refractivity contribution in [3.8, 4) is 5.75 Å². The van der Waals surface area contributed by atoms with Crippen LogP contribution in [0.5, 0.6) is 5.75 Å². The van der Waals surface area contributed by atoms with Gasteiger partial charge in [-0.05, 0) is 29.8 Å². The summed E-state index contributed by atoms with van der Waals surface area (Å²) in [6, 6.07) is 10.8. The lowest BCUT2D eigenvalue weighted by atomic mass is 10.2. The van der Waals surface area contributed by atoms with Crippen LogP contribution in [0.15, 0.2) is 58.3 Å². The van der Waals surface area contributed by atoms with Crippen molar-refractivity contribution < 1.29 is 22.3 Å². The maximum Gasteiger partial charge on any atom is 0.346 e. The smallest absolute Gasteiger partial charge is 0.346 e. The van der Waals surface area contributed by atoms with Crippen molar-refractivity contribution in [3.05, 3.63) is 69.1 Å². The Morgan fingerprint density at radius 3 is 2.39 bits per heavy atom. The number of nitrogens with zero attached hydrogens (tertiary/aromatic N) is 2. The first-order valence-corrected chi connectivity index (χ1v) is 10.3. The number of hydrogen-bond donors (Lipinski definition) is 0. The van der Waals surface area contributed by atoms with Gasteiger partial charge in [0.1, 0.15) is 10.1 Å². The highest BCUT2D eigenvalue weighted by molar-refractivity contribution is 8.26. The third-order valence-corrected chi connectivity index (χ3v) is 6.48. The Balaban J connectivity index is 1.83. The van der Waals surface area contributed by atoms with Gasteiger partial charge >= 0.3 is 10.1 Å². The highest BCUT2D eigenvalue weighted by atomic mass is 32.2. The van der Waals surface area contributed by atoms with Crippen LogP contribution in [0, 0.1) is 10.1 Å². The Kier molecular flexibility index (Phi) is 5.49. The fourth-order valence-corrected chi connectivity index (χ4v) is 4.59. The molecule has 1 amide bonds. The molecule has 0 radical (unpaired) electrons. The number of nitro groups is 1. The number of nitro benzene ring substituents is 1. The molecule has 0 bridgehead atoms. The average molecular weight is 436 g/mol. The average Bonchev–Trinajstić information content (AvgIpc) is 2.90. The van der Waals surface area contributed by atoms with Crippen LogP contribution >= 0.6 is 24.0 Å². The van der Waals surface area contributed by atoms with Crippen LogP contribution in [0.2, 0.25) is 0 Å². The first kappa shape index (κ1) is 20.0. The number of hydrogen-bond acceptors (Lipinski definition) is 8. The summed E-state index contributed by atoms with van der Waals surface area (Å²) >= 11 is 6.23. The van der Waals surface area contributed by atoms with Gasteiger partial charge in [0.15, 0.2) is 4.90 Å². The van der Waals surface area contributed by atoms with Crippen molar-refractivity contribution in [2.24, 2.45) is 0 Å². The highest BCUT2D eigenvalue weighted by Crippen LogP contribution is 2.32. The molecular weight excluding hydrogens is 424 g/mol. The van der Waals surface area contributed by atoms with Crippen LogP contribution in [-0.2, 0) is 14.9 Å². The van der Waals surface area contributed by atoms with E-state index in [1.165, 1.54) is 40.9 Å². The van der Waals surface area contributed by atoms with Crippen molar-refractivity contribution in [1.29, 1.82) is 0 Å². The Morgan fingerprint density at radius 2 is 1.82 bits per heavy atom. The largest absolute Gasteiger partial charge is 0.379 e. The second-order valence-electron chi connectivity index (χ2n) is 5.57. The minimum absolute atomic E-state index is 0.0154. The normalized spacial score (nSPS) is 15.9. The zero-order valence-electron chi connectivity index (χ0n) is 14.3. The van der Waals surface area contributed by atoms with E-state index >= 15 is 0 Å². The summed E-state index contributed by atoms with van der Waals surface area (Å²) in [6.45, 7) is 0. The first-order chi connectivity index (χ1) is 13.2. The maximum absolute atomic E-state index is 12.4. The van der Waals surface area contributed by atoms with Gasteiger partial charge in [-0.3, -0.25) is 19.8 Å². The molecule has 1 heterocycles. The van der Waals surface area contributed by atoms with Crippen LogP contribution in [0.4, 0.5) is 5.69 Å². The summed E-state index contributed by atoms with van der Waals surface area (Å²) in [5, 5.41) is 11.0. The molecule has 11 heteroatoms. The highest BCUT2D eigenvalue weighted by Gasteiger charge is 2.29. The third-order valence-electron chi connectivity index (χ3n) is 3.70. The minimum atomic E-state index is -4.39. The van der Waals surface area contributed by atoms with E-state index in [2.05, 4.69) is 0 Å². The van der Waals surface area contributed by atoms with Crippen LogP contribution in [0.1, 0.15) is 5.56 Å². The topological polar surface area (TPSA) is 107 Å². The second kappa shape index (κ2) is 7.70. The predicted molar refractivity (Wildman–Crippen MR) is 108 cm³/mol. The Bertz CT molecular complexity index is 1110. The number of carbonyl (C=O) groups is 1. The van der Waals surface area contributed by atoms with E-state index in [1.807, 2.05) is 0 Å². The van der Waals surface area contributed by atoms with E-state index in [1.54, 1.807) is 25.3 Å². The summed E-state index contributed by atoms with van der Waals surface area (Å²) < 4.78 is 30.3. The van der Waals surface area contributed by atoms with Gasteiger partial charge < -0.3 is 4.18 Å². The van der Waals surface area contributed by atoms with Crippen molar-refractivity contribution >= 4 is 56.1 Å². The van der Waals surface area contributed by atoms with Gasteiger partial charge in [-0.25, -0.2) is 0 Å². The zero-order chi connectivity index (χ0) is 20.5. The number of likely N-dealkylation sites (N-methyl/N-ethyl adjacent to an activating group) is 1. The molecule has 1 saturated heterocycles. The van der Waals surface area contributed by atoms with Gasteiger partial charge in [-0.1, -0.05) is 48.2 Å². The van der Waals surface area contributed by atoms with E-state index in [0.717, 1.165) is 12.1 Å². The molecule has 144 valence electrons. The van der Waals surface area contributed by atoms with Crippen LogP contribution in [-0.4, -0.2) is 35.5 Å². The number of benzene rings is 2. The third kappa shape index (κ3) is 4.06. The summed E-state index contributed by atoms with van der Waals surface area (Å²) in [6.07, 6.45) is 1.63. The maximum atomic E-state index is 12.4. The molecule has 2 aromatic rings. The standard InChI is InChI=1S/C17H12N2O6S3/c1-18-16(20)14(27-17(18)26)10-11-6-8-12(9-7-11)25-28(23,24)15-5-3-2-4-13(15)19(21)22/h2-10H,1H3/b14-10+. The molecule has 8 nitrogen and oxygen atoms in total. The zero-order valence-corrected chi connectivity index (χ0v) is 16.7. The molecule has 1 aliphatic heterocycles. The van der Waals surface area contributed by atoms with E-state index in [4.69, 9.17) is 16.4 Å². The van der Waals surface area contributed by atoms with Crippen molar-refractivity contribution in [3.63, 3.8) is 0 Å². The molecule has 3 rings (SSSR count). The summed E-state index contributed by atoms with van der Waals surface area (Å²) in [5.74, 6) is -0.229. The van der Waals surface area contributed by atoms with Gasteiger partial charge in [0, 0.05) is 13.1 Å². The number of rotatable bonds is 5. The lowest BCUT2D eigenvalue weighted by molar-refractivity contribution is -0.387. The van der Waals surface area contributed by atoms with Crippen molar-refractivity contribution in [2.75, 3.05) is 7.05 Å². The molecule has 0 aromatic heterocycles. The molecular formula is C17H12N2O6S3. The molecule has 2 aromatic carbocycles. The fraction of sp³-hybridized carbons (Fsp3) is 0.0588. The van der Waals surface area contributed by atoms with Gasteiger partial charge in [0.2, 0.25) is 0 Å². The van der Waals surface area contributed by atoms with Gasteiger partial charge in [0.25, 0.3) is 11.6 Å². The molecule has 1 fully saturated rings. The van der Waals surface area contributed by atoms with Crippen LogP contribution in [0.25, 0.3) is 6.08 Å². The van der Waals surface area contributed by atoms with Crippen molar-refractivity contribution in [2.45, 2.75) is 4.90 Å². The molecule has 0 N–H and O–H groups in total. The van der Waals surface area contributed by atoms with Crippen LogP contribution in [0.3, 0.4) is 0 Å². The van der Waals surface area contributed by atoms with Gasteiger partial charge in [-0.2, -0.15) is 8.42 Å². The van der Waals surface area contributed by atoms with E-state index in [9.17, 15) is 23.3 Å². The quantitative estimate of drug-likeness (QED) is 0.231. The summed E-state index contributed by atoms with van der Waals surface area (Å²) in [5.41, 5.74) is 0.0742. The lowest BCUT2D eigenvalue weighted by Gasteiger charge is -2.07. The SMILES string of the molecule is CN1C(=O)/C(=C\c2ccc(OS(=O)(=O)c3ccccc3[N+](=O)[O-])cc2)SC1=S. The monoisotopic (exact) mass is 436 g/mol. The molecule has 0 aliphatic carbocycles. The molecule has 1 aliphatic rings. The molecule has 0 unspecified atom stereocenters. The van der Waals surface area contributed by atoms with Crippen molar-refractivity contribution in [1.82, 2.24) is 4.90 Å². The lowest BCUT2D eigenvalue weighted by Crippen LogP contribution is -2.22. The number of thioether (sulfide) groups is 1. The Labute approximate surface area is 170 Å². The molecule has 28 heavy (non-hydrogen) atoms. The molecule has 0 spiro atoms. The van der Waals surface area contributed by atoms with E-state index < -0.39 is 25.6 Å². The summed E-state index contributed by atoms with van der Waals surface area (Å²) in [7, 11) is -2.80. The fourth-order valence-electron chi connectivity index (χ4n) is 2.31. The predicted octanol–water partition coefficient (Wildman–Crippen LogP) is 3.19. The second-order valence-corrected chi connectivity index (χ2v) is 8.76. The number of amides is 1. The Hall–Kier alpha value is -2.76. The number of carbonyl (C=O) groups excluding carboxylic acids is 1. The Morgan fingerprint density at radius 1 is 1.18 bits per heavy atom. The number of thiocarbonyl (C=S) groups is 1. The molecule has 0 saturated carbocycles. The van der Waals surface area contributed by atoms with Crippen LogP contribution < -0.4 is 4.18 Å². The number of para-hydroxylation sites is 1.